The van der Waals surface area contributed by atoms with Crippen molar-refractivity contribution in [1.29, 1.82) is 0 Å². The lowest BCUT2D eigenvalue weighted by atomic mass is 9.97. The molecule has 0 radical (unpaired) electrons. The third kappa shape index (κ3) is 1.97. The Morgan fingerprint density at radius 2 is 2.12 bits per heavy atom. The first-order valence-electron chi connectivity index (χ1n) is 5.88. The van der Waals surface area contributed by atoms with E-state index in [-0.39, 0.29) is 5.63 Å². The minimum absolute atomic E-state index is 0.309. The summed E-state index contributed by atoms with van der Waals surface area (Å²) in [5.74, 6) is 6.32. The van der Waals surface area contributed by atoms with Gasteiger partial charge >= 0.3 is 5.63 Å². The summed E-state index contributed by atoms with van der Waals surface area (Å²) in [4.78, 5) is 11.2. The first kappa shape index (κ1) is 10.2. The molecule has 2 nitrogen and oxygen atoms in total. The molecule has 0 saturated carbocycles. The fourth-order valence-corrected chi connectivity index (χ4v) is 2.17. The van der Waals surface area contributed by atoms with Crippen LogP contribution in [-0.2, 0) is 6.42 Å². The Bertz CT molecular complexity index is 683. The molecular weight excluding hydrogens is 212 g/mol. The summed E-state index contributed by atoms with van der Waals surface area (Å²) < 4.78 is 5.18. The van der Waals surface area contributed by atoms with E-state index >= 15 is 0 Å². The molecule has 2 aromatic rings. The van der Waals surface area contributed by atoms with Crippen LogP contribution >= 0.6 is 0 Å². The monoisotopic (exact) mass is 224 g/mol. The van der Waals surface area contributed by atoms with Crippen molar-refractivity contribution in [2.24, 2.45) is 0 Å². The fourth-order valence-electron chi connectivity index (χ4n) is 2.17. The SMILES string of the molecule is O=c1ccc2cc3c(cc2o1)C#CCCCC3. The molecule has 0 bridgehead atoms. The topological polar surface area (TPSA) is 30.2 Å². The molecule has 0 spiro atoms. The van der Waals surface area contributed by atoms with Crippen LogP contribution in [0.1, 0.15) is 30.4 Å². The van der Waals surface area contributed by atoms with Crippen molar-refractivity contribution in [2.45, 2.75) is 25.7 Å². The molecule has 84 valence electrons. The zero-order chi connectivity index (χ0) is 11.7. The summed E-state index contributed by atoms with van der Waals surface area (Å²) in [6, 6.07) is 7.26. The van der Waals surface area contributed by atoms with Gasteiger partial charge < -0.3 is 4.42 Å². The lowest BCUT2D eigenvalue weighted by Gasteiger charge is -2.08. The molecule has 1 heterocycles. The summed E-state index contributed by atoms with van der Waals surface area (Å²) in [6.45, 7) is 0. The van der Waals surface area contributed by atoms with E-state index < -0.39 is 0 Å². The summed E-state index contributed by atoms with van der Waals surface area (Å²) in [6.07, 6.45) is 4.34. The predicted molar refractivity (Wildman–Crippen MR) is 66.9 cm³/mol. The molecule has 1 aliphatic rings. The van der Waals surface area contributed by atoms with Crippen molar-refractivity contribution in [3.8, 4) is 11.8 Å². The molecular formula is C15H12O2. The minimum atomic E-state index is -0.309. The van der Waals surface area contributed by atoms with Gasteiger partial charge in [-0.05, 0) is 43.0 Å². The number of hydrogen-bond acceptors (Lipinski definition) is 2. The van der Waals surface area contributed by atoms with E-state index in [2.05, 4.69) is 17.9 Å². The molecule has 0 fully saturated rings. The molecule has 17 heavy (non-hydrogen) atoms. The second-order valence-corrected chi connectivity index (χ2v) is 4.31. The number of hydrogen-bond donors (Lipinski definition) is 0. The average Bonchev–Trinajstić information content (AvgIpc) is 2.29. The molecule has 0 unspecified atom stereocenters. The molecule has 2 heteroatoms. The molecule has 0 amide bonds. The molecule has 1 aromatic heterocycles. The molecule has 1 aromatic carbocycles. The molecule has 0 saturated heterocycles. The highest BCUT2D eigenvalue weighted by Gasteiger charge is 2.06. The molecule has 0 atom stereocenters. The van der Waals surface area contributed by atoms with Crippen molar-refractivity contribution in [3.05, 3.63) is 45.8 Å². The van der Waals surface area contributed by atoms with Gasteiger partial charge in [0.2, 0.25) is 0 Å². The number of benzene rings is 1. The van der Waals surface area contributed by atoms with Gasteiger partial charge in [-0.3, -0.25) is 0 Å². The smallest absolute Gasteiger partial charge is 0.336 e. The maximum absolute atomic E-state index is 11.2. The summed E-state index contributed by atoms with van der Waals surface area (Å²) in [7, 11) is 0. The summed E-state index contributed by atoms with van der Waals surface area (Å²) >= 11 is 0. The average molecular weight is 224 g/mol. The number of aryl methyl sites for hydroxylation is 1. The van der Waals surface area contributed by atoms with E-state index in [9.17, 15) is 4.79 Å². The standard InChI is InChI=1S/C15H12O2/c16-15-8-7-13-9-11-5-3-1-2-4-6-12(11)10-14(13)17-15/h7-10H,1-3,5H2. The molecule has 0 aliphatic heterocycles. The van der Waals surface area contributed by atoms with Crippen LogP contribution in [-0.4, -0.2) is 0 Å². The highest BCUT2D eigenvalue weighted by molar-refractivity contribution is 5.79. The zero-order valence-corrected chi connectivity index (χ0v) is 9.45. The predicted octanol–water partition coefficient (Wildman–Crippen LogP) is 2.87. The Balaban J connectivity index is 2.27. The maximum atomic E-state index is 11.2. The fraction of sp³-hybridized carbons (Fsp3) is 0.267. The van der Waals surface area contributed by atoms with E-state index in [4.69, 9.17) is 4.42 Å². The van der Waals surface area contributed by atoms with Gasteiger partial charge in [-0.15, -0.1) is 0 Å². The Labute approximate surface area is 99.3 Å². The first-order chi connectivity index (χ1) is 8.33. The van der Waals surface area contributed by atoms with Crippen LogP contribution in [0.2, 0.25) is 0 Å². The molecule has 0 N–H and O–H groups in total. The summed E-state index contributed by atoms with van der Waals surface area (Å²) in [5.41, 5.74) is 2.59. The second kappa shape index (κ2) is 4.10. The van der Waals surface area contributed by atoms with Crippen LogP contribution in [0.4, 0.5) is 0 Å². The second-order valence-electron chi connectivity index (χ2n) is 4.31. The van der Waals surface area contributed by atoms with Crippen LogP contribution in [0.25, 0.3) is 11.0 Å². The van der Waals surface area contributed by atoms with Gasteiger partial charge in [0.15, 0.2) is 0 Å². The van der Waals surface area contributed by atoms with Gasteiger partial charge in [0.05, 0.1) is 0 Å². The number of fused-ring (bicyclic) bond motifs is 2. The third-order valence-corrected chi connectivity index (χ3v) is 3.07. The van der Waals surface area contributed by atoms with Crippen molar-refractivity contribution < 1.29 is 4.42 Å². The first-order valence-corrected chi connectivity index (χ1v) is 5.88. The van der Waals surface area contributed by atoms with Gasteiger partial charge in [0.25, 0.3) is 0 Å². The lowest BCUT2D eigenvalue weighted by Crippen LogP contribution is -1.98. The van der Waals surface area contributed by atoms with E-state index in [1.165, 1.54) is 18.1 Å². The van der Waals surface area contributed by atoms with Crippen LogP contribution in [0, 0.1) is 11.8 Å². The van der Waals surface area contributed by atoms with E-state index in [1.807, 2.05) is 12.1 Å². The van der Waals surface area contributed by atoms with Crippen molar-refractivity contribution in [2.75, 3.05) is 0 Å². The van der Waals surface area contributed by atoms with E-state index in [0.717, 1.165) is 30.2 Å². The Morgan fingerprint density at radius 1 is 1.18 bits per heavy atom. The normalized spacial score (nSPS) is 14.4. The van der Waals surface area contributed by atoms with Crippen LogP contribution in [0.3, 0.4) is 0 Å². The highest BCUT2D eigenvalue weighted by atomic mass is 16.4. The van der Waals surface area contributed by atoms with E-state index in [0.29, 0.717) is 5.58 Å². The minimum Gasteiger partial charge on any atom is -0.423 e. The lowest BCUT2D eigenvalue weighted by molar-refractivity contribution is 0.560. The Morgan fingerprint density at radius 3 is 3.06 bits per heavy atom. The van der Waals surface area contributed by atoms with Gasteiger partial charge in [0.1, 0.15) is 5.58 Å². The van der Waals surface area contributed by atoms with Gasteiger partial charge in [-0.25, -0.2) is 4.79 Å². The van der Waals surface area contributed by atoms with Gasteiger partial charge in [0, 0.05) is 23.4 Å². The van der Waals surface area contributed by atoms with Crippen LogP contribution in [0.5, 0.6) is 0 Å². The summed E-state index contributed by atoms with van der Waals surface area (Å²) in [5, 5.41) is 0.978. The molecule has 3 rings (SSSR count). The van der Waals surface area contributed by atoms with Crippen molar-refractivity contribution >= 4 is 11.0 Å². The van der Waals surface area contributed by atoms with E-state index in [1.54, 1.807) is 0 Å². The molecule has 1 aliphatic carbocycles. The largest absolute Gasteiger partial charge is 0.423 e. The third-order valence-electron chi connectivity index (χ3n) is 3.07. The van der Waals surface area contributed by atoms with Crippen LogP contribution in [0.15, 0.2) is 33.5 Å². The maximum Gasteiger partial charge on any atom is 0.336 e. The van der Waals surface area contributed by atoms with Gasteiger partial charge in [-0.1, -0.05) is 11.8 Å². The Kier molecular flexibility index (Phi) is 2.45. The Hall–Kier alpha value is -2.01. The van der Waals surface area contributed by atoms with Crippen LogP contribution < -0.4 is 5.63 Å². The highest BCUT2D eigenvalue weighted by Crippen LogP contribution is 2.21. The zero-order valence-electron chi connectivity index (χ0n) is 9.45. The van der Waals surface area contributed by atoms with Crippen molar-refractivity contribution in [3.63, 3.8) is 0 Å². The number of rotatable bonds is 0. The van der Waals surface area contributed by atoms with Gasteiger partial charge in [-0.2, -0.15) is 0 Å². The van der Waals surface area contributed by atoms with Crippen molar-refractivity contribution in [1.82, 2.24) is 0 Å². The quantitative estimate of drug-likeness (QED) is 0.509.